The SMILES string of the molecule is CN=C(NCCCCNc1ccccn1)NCC(OC)C(C)(C)C. The van der Waals surface area contributed by atoms with Crippen LogP contribution in [-0.4, -0.2) is 50.8 Å². The molecule has 3 N–H and O–H groups in total. The number of pyridine rings is 1. The van der Waals surface area contributed by atoms with Crippen LogP contribution in [0, 0.1) is 5.41 Å². The number of aromatic nitrogens is 1. The van der Waals surface area contributed by atoms with Gasteiger partial charge in [-0.2, -0.15) is 0 Å². The molecule has 1 aromatic heterocycles. The number of methoxy groups -OCH3 is 1. The topological polar surface area (TPSA) is 70.6 Å². The maximum Gasteiger partial charge on any atom is 0.191 e. The van der Waals surface area contributed by atoms with Gasteiger partial charge >= 0.3 is 0 Å². The molecule has 0 saturated heterocycles. The highest BCUT2D eigenvalue weighted by Crippen LogP contribution is 2.20. The standard InChI is InChI=1S/C18H33N5O/c1-18(2,3)15(24-5)14-23-17(19-4)22-13-9-8-12-21-16-10-6-7-11-20-16/h6-7,10-11,15H,8-9,12-14H2,1-5H3,(H,20,21)(H2,19,22,23). The minimum Gasteiger partial charge on any atom is -0.379 e. The largest absolute Gasteiger partial charge is 0.379 e. The molecule has 0 bridgehead atoms. The number of hydrogen-bond donors (Lipinski definition) is 3. The van der Waals surface area contributed by atoms with Gasteiger partial charge in [0.2, 0.25) is 0 Å². The number of rotatable bonds is 9. The lowest BCUT2D eigenvalue weighted by molar-refractivity contribution is 0.0205. The number of aliphatic imine (C=N–C) groups is 1. The van der Waals surface area contributed by atoms with E-state index in [-0.39, 0.29) is 11.5 Å². The molecule has 0 aliphatic heterocycles. The van der Waals surface area contributed by atoms with Crippen molar-refractivity contribution in [2.24, 2.45) is 10.4 Å². The fourth-order valence-corrected chi connectivity index (χ4v) is 2.29. The Hall–Kier alpha value is -1.82. The molecule has 0 fully saturated rings. The second-order valence-corrected chi connectivity index (χ2v) is 6.82. The van der Waals surface area contributed by atoms with Gasteiger partial charge in [0.1, 0.15) is 5.82 Å². The van der Waals surface area contributed by atoms with Crippen LogP contribution in [0.25, 0.3) is 0 Å². The van der Waals surface area contributed by atoms with E-state index < -0.39 is 0 Å². The molecule has 0 saturated carbocycles. The summed E-state index contributed by atoms with van der Waals surface area (Å²) in [4.78, 5) is 8.49. The minimum absolute atomic E-state index is 0.0950. The summed E-state index contributed by atoms with van der Waals surface area (Å²) in [6, 6.07) is 5.88. The van der Waals surface area contributed by atoms with Crippen LogP contribution in [0.15, 0.2) is 29.4 Å². The number of ether oxygens (including phenoxy) is 1. The van der Waals surface area contributed by atoms with Crippen LogP contribution in [0.5, 0.6) is 0 Å². The van der Waals surface area contributed by atoms with E-state index in [1.807, 2.05) is 18.2 Å². The van der Waals surface area contributed by atoms with Gasteiger partial charge in [0.05, 0.1) is 6.10 Å². The van der Waals surface area contributed by atoms with Crippen molar-refractivity contribution in [2.75, 3.05) is 39.1 Å². The van der Waals surface area contributed by atoms with Crippen molar-refractivity contribution >= 4 is 11.8 Å². The third-order valence-electron chi connectivity index (χ3n) is 3.80. The number of guanidine groups is 1. The highest BCUT2D eigenvalue weighted by molar-refractivity contribution is 5.79. The highest BCUT2D eigenvalue weighted by Gasteiger charge is 2.24. The number of nitrogens with zero attached hydrogens (tertiary/aromatic N) is 2. The summed E-state index contributed by atoms with van der Waals surface area (Å²) >= 11 is 0. The summed E-state index contributed by atoms with van der Waals surface area (Å²) in [6.45, 7) is 9.06. The Morgan fingerprint density at radius 1 is 1.21 bits per heavy atom. The molecule has 0 aliphatic carbocycles. The predicted octanol–water partition coefficient (Wildman–Crippen LogP) is 2.50. The second-order valence-electron chi connectivity index (χ2n) is 6.82. The molecule has 0 amide bonds. The smallest absolute Gasteiger partial charge is 0.191 e. The van der Waals surface area contributed by atoms with E-state index in [9.17, 15) is 0 Å². The Labute approximate surface area is 146 Å². The maximum atomic E-state index is 5.55. The molecule has 6 heteroatoms. The zero-order chi connectivity index (χ0) is 17.8. The molecule has 24 heavy (non-hydrogen) atoms. The first kappa shape index (κ1) is 20.2. The molecular formula is C18H33N5O. The summed E-state index contributed by atoms with van der Waals surface area (Å²) < 4.78 is 5.55. The number of unbranched alkanes of at least 4 members (excludes halogenated alkanes) is 1. The molecule has 0 spiro atoms. The Bertz CT molecular complexity index is 470. The van der Waals surface area contributed by atoms with Crippen molar-refractivity contribution in [3.8, 4) is 0 Å². The number of anilines is 1. The normalized spacial score (nSPS) is 13.5. The Balaban J connectivity index is 2.16. The van der Waals surface area contributed by atoms with E-state index in [2.05, 4.69) is 46.7 Å². The molecule has 1 heterocycles. The van der Waals surface area contributed by atoms with E-state index in [0.29, 0.717) is 0 Å². The number of nitrogens with one attached hydrogen (secondary N) is 3. The van der Waals surface area contributed by atoms with Crippen molar-refractivity contribution in [3.05, 3.63) is 24.4 Å². The first-order valence-corrected chi connectivity index (χ1v) is 8.59. The zero-order valence-electron chi connectivity index (χ0n) is 15.7. The van der Waals surface area contributed by atoms with Gasteiger partial charge < -0.3 is 20.7 Å². The van der Waals surface area contributed by atoms with Gasteiger partial charge in [-0.15, -0.1) is 0 Å². The Morgan fingerprint density at radius 3 is 2.54 bits per heavy atom. The average molecular weight is 335 g/mol. The van der Waals surface area contributed by atoms with E-state index in [1.54, 1.807) is 20.4 Å². The molecule has 1 atom stereocenters. The first-order valence-electron chi connectivity index (χ1n) is 8.59. The summed E-state index contributed by atoms with van der Waals surface area (Å²) in [5.74, 6) is 1.75. The van der Waals surface area contributed by atoms with E-state index in [0.717, 1.165) is 44.3 Å². The summed E-state index contributed by atoms with van der Waals surface area (Å²) in [6.07, 6.45) is 4.07. The Kier molecular flexibility index (Phi) is 9.15. The van der Waals surface area contributed by atoms with Crippen LogP contribution in [0.2, 0.25) is 0 Å². The van der Waals surface area contributed by atoms with E-state index in [1.165, 1.54) is 0 Å². The van der Waals surface area contributed by atoms with Gasteiger partial charge in [0, 0.05) is 40.0 Å². The van der Waals surface area contributed by atoms with Crippen molar-refractivity contribution < 1.29 is 4.74 Å². The third kappa shape index (κ3) is 8.15. The molecule has 136 valence electrons. The Morgan fingerprint density at radius 2 is 1.96 bits per heavy atom. The molecule has 6 nitrogen and oxygen atoms in total. The van der Waals surface area contributed by atoms with Crippen molar-refractivity contribution in [3.63, 3.8) is 0 Å². The minimum atomic E-state index is 0.0950. The second kappa shape index (κ2) is 10.9. The van der Waals surface area contributed by atoms with Gasteiger partial charge in [-0.3, -0.25) is 4.99 Å². The van der Waals surface area contributed by atoms with Crippen LogP contribution >= 0.6 is 0 Å². The van der Waals surface area contributed by atoms with Crippen molar-refractivity contribution in [1.82, 2.24) is 15.6 Å². The fourth-order valence-electron chi connectivity index (χ4n) is 2.29. The molecule has 1 aromatic rings. The molecule has 0 aromatic carbocycles. The summed E-state index contributed by atoms with van der Waals surface area (Å²) in [5, 5.41) is 9.98. The zero-order valence-corrected chi connectivity index (χ0v) is 15.7. The summed E-state index contributed by atoms with van der Waals surface area (Å²) in [7, 11) is 3.54. The molecule has 1 unspecified atom stereocenters. The van der Waals surface area contributed by atoms with Gasteiger partial charge in [-0.25, -0.2) is 4.98 Å². The molecular weight excluding hydrogens is 302 g/mol. The monoisotopic (exact) mass is 335 g/mol. The number of hydrogen-bond acceptors (Lipinski definition) is 4. The van der Waals surface area contributed by atoms with Crippen molar-refractivity contribution in [2.45, 2.75) is 39.7 Å². The molecule has 0 aliphatic rings. The van der Waals surface area contributed by atoms with Crippen LogP contribution in [0.1, 0.15) is 33.6 Å². The predicted molar refractivity (Wildman–Crippen MR) is 102 cm³/mol. The lowest BCUT2D eigenvalue weighted by atomic mass is 9.89. The average Bonchev–Trinajstić information content (AvgIpc) is 2.56. The van der Waals surface area contributed by atoms with Crippen LogP contribution < -0.4 is 16.0 Å². The van der Waals surface area contributed by atoms with Gasteiger partial charge in [-0.1, -0.05) is 26.8 Å². The molecule has 0 radical (unpaired) electrons. The first-order chi connectivity index (χ1) is 11.5. The highest BCUT2D eigenvalue weighted by atomic mass is 16.5. The van der Waals surface area contributed by atoms with Crippen molar-refractivity contribution in [1.29, 1.82) is 0 Å². The van der Waals surface area contributed by atoms with E-state index >= 15 is 0 Å². The lowest BCUT2D eigenvalue weighted by Crippen LogP contribution is -2.45. The van der Waals surface area contributed by atoms with Crippen LogP contribution in [0.3, 0.4) is 0 Å². The summed E-state index contributed by atoms with van der Waals surface area (Å²) in [5.41, 5.74) is 0.0950. The quantitative estimate of drug-likeness (QED) is 0.367. The maximum absolute atomic E-state index is 5.55. The van der Waals surface area contributed by atoms with Crippen LogP contribution in [0.4, 0.5) is 5.82 Å². The lowest BCUT2D eigenvalue weighted by Gasteiger charge is -2.30. The molecule has 1 rings (SSSR count). The fraction of sp³-hybridized carbons (Fsp3) is 0.667. The van der Waals surface area contributed by atoms with E-state index in [4.69, 9.17) is 4.74 Å². The van der Waals surface area contributed by atoms with Crippen LogP contribution in [-0.2, 0) is 4.74 Å². The van der Waals surface area contributed by atoms with Gasteiger partial charge in [0.25, 0.3) is 0 Å². The van der Waals surface area contributed by atoms with Gasteiger partial charge in [-0.05, 0) is 30.4 Å². The van der Waals surface area contributed by atoms with Gasteiger partial charge in [0.15, 0.2) is 5.96 Å². The third-order valence-corrected chi connectivity index (χ3v) is 3.80.